The summed E-state index contributed by atoms with van der Waals surface area (Å²) in [5.74, 6) is -0.350. The van der Waals surface area contributed by atoms with E-state index in [2.05, 4.69) is 4.18 Å². The maximum Gasteiger partial charge on any atom is 0.446 e. The van der Waals surface area contributed by atoms with E-state index in [4.69, 9.17) is 14.0 Å². The fourth-order valence-electron chi connectivity index (χ4n) is 1.36. The Kier molecular flexibility index (Phi) is 5.13. The van der Waals surface area contributed by atoms with E-state index in [0.717, 1.165) is 5.56 Å². The normalized spacial score (nSPS) is 10.9. The maximum atomic E-state index is 10.6. The molecule has 0 fully saturated rings. The van der Waals surface area contributed by atoms with E-state index >= 15 is 0 Å². The molecule has 0 spiro atoms. The van der Waals surface area contributed by atoms with Crippen molar-refractivity contribution in [2.24, 2.45) is 0 Å². The van der Waals surface area contributed by atoms with Crippen molar-refractivity contribution in [1.29, 1.82) is 0 Å². The zero-order valence-electron chi connectivity index (χ0n) is 10.5. The van der Waals surface area contributed by atoms with E-state index in [1.54, 1.807) is 6.07 Å². The van der Waals surface area contributed by atoms with Crippen LogP contribution < -0.4 is 8.92 Å². The number of rotatable bonds is 6. The Morgan fingerprint density at radius 2 is 2.00 bits per heavy atom. The van der Waals surface area contributed by atoms with Crippen molar-refractivity contribution in [2.75, 3.05) is 13.7 Å². The van der Waals surface area contributed by atoms with Crippen LogP contribution in [0.4, 0.5) is 0 Å². The Labute approximate surface area is 111 Å². The highest BCUT2D eigenvalue weighted by Crippen LogP contribution is 2.29. The van der Waals surface area contributed by atoms with Crippen molar-refractivity contribution in [3.8, 4) is 11.5 Å². The van der Waals surface area contributed by atoms with Crippen LogP contribution in [0.3, 0.4) is 0 Å². The summed E-state index contributed by atoms with van der Waals surface area (Å²) in [5, 5.41) is 0. The topological polar surface area (TPSA) is 99.1 Å². The Bertz CT molecular complexity index is 550. The summed E-state index contributed by atoms with van der Waals surface area (Å²) >= 11 is 0. The molecule has 0 aliphatic heterocycles. The number of hydrogen-bond acceptors (Lipinski definition) is 6. The van der Waals surface area contributed by atoms with Crippen LogP contribution in [0.5, 0.6) is 11.5 Å². The minimum atomic E-state index is -4.60. The fourth-order valence-corrected chi connectivity index (χ4v) is 1.73. The van der Waals surface area contributed by atoms with Crippen molar-refractivity contribution in [3.05, 3.63) is 23.8 Å². The van der Waals surface area contributed by atoms with E-state index in [1.807, 2.05) is 0 Å². The smallest absolute Gasteiger partial charge is 0.446 e. The number of benzene rings is 1. The van der Waals surface area contributed by atoms with Crippen LogP contribution in [0.15, 0.2) is 18.2 Å². The zero-order valence-corrected chi connectivity index (χ0v) is 11.3. The van der Waals surface area contributed by atoms with Crippen molar-refractivity contribution in [3.63, 3.8) is 0 Å². The van der Waals surface area contributed by atoms with E-state index < -0.39 is 10.4 Å². The second-order valence-corrected chi connectivity index (χ2v) is 4.61. The molecular formula is C11H14O7S. The number of ether oxygens (including phenoxy) is 2. The van der Waals surface area contributed by atoms with Crippen LogP contribution in [0.2, 0.25) is 0 Å². The summed E-state index contributed by atoms with van der Waals surface area (Å²) in [4.78, 5) is 10.6. The number of carbonyl (C=O) groups is 1. The molecule has 0 aromatic heterocycles. The highest BCUT2D eigenvalue weighted by atomic mass is 32.3. The summed E-state index contributed by atoms with van der Waals surface area (Å²) in [7, 11) is -3.26. The molecule has 0 aliphatic rings. The molecule has 1 aromatic carbocycles. The molecule has 8 heteroatoms. The molecule has 106 valence electrons. The lowest BCUT2D eigenvalue weighted by Crippen LogP contribution is -2.08. The average molecular weight is 290 g/mol. The van der Waals surface area contributed by atoms with Gasteiger partial charge in [0, 0.05) is 13.3 Å². The van der Waals surface area contributed by atoms with Gasteiger partial charge in [0.15, 0.2) is 11.5 Å². The molecule has 0 radical (unpaired) electrons. The monoisotopic (exact) mass is 290 g/mol. The predicted molar refractivity (Wildman–Crippen MR) is 65.5 cm³/mol. The largest absolute Gasteiger partial charge is 0.493 e. The third kappa shape index (κ3) is 5.58. The van der Waals surface area contributed by atoms with Crippen LogP contribution >= 0.6 is 0 Å². The molecule has 0 aliphatic carbocycles. The Morgan fingerprint density at radius 1 is 1.32 bits per heavy atom. The molecule has 0 bridgehead atoms. The van der Waals surface area contributed by atoms with E-state index in [9.17, 15) is 13.2 Å². The molecule has 0 saturated carbocycles. The van der Waals surface area contributed by atoms with E-state index in [1.165, 1.54) is 26.2 Å². The molecule has 1 rings (SSSR count). The highest BCUT2D eigenvalue weighted by molar-refractivity contribution is 7.81. The summed E-state index contributed by atoms with van der Waals surface area (Å²) < 4.78 is 43.9. The van der Waals surface area contributed by atoms with Gasteiger partial charge in [-0.2, -0.15) is 8.42 Å². The van der Waals surface area contributed by atoms with Gasteiger partial charge in [0.2, 0.25) is 0 Å². The van der Waals surface area contributed by atoms with Crippen molar-refractivity contribution < 1.29 is 31.4 Å². The quantitative estimate of drug-likeness (QED) is 0.615. The van der Waals surface area contributed by atoms with Gasteiger partial charge in [-0.1, -0.05) is 6.07 Å². The molecule has 1 aromatic rings. The van der Waals surface area contributed by atoms with Crippen molar-refractivity contribution >= 4 is 16.4 Å². The number of hydrogen-bond donors (Lipinski definition) is 1. The van der Waals surface area contributed by atoms with Crippen LogP contribution in [-0.2, 0) is 26.4 Å². The van der Waals surface area contributed by atoms with Gasteiger partial charge in [-0.25, -0.2) is 0 Å². The molecule has 7 nitrogen and oxygen atoms in total. The summed E-state index contributed by atoms with van der Waals surface area (Å²) in [5.41, 5.74) is 0.765. The number of carbonyl (C=O) groups excluding carboxylic acids is 1. The lowest BCUT2D eigenvalue weighted by molar-refractivity contribution is -0.140. The minimum absolute atomic E-state index is 0.124. The highest BCUT2D eigenvalue weighted by Gasteiger charge is 2.13. The lowest BCUT2D eigenvalue weighted by Gasteiger charge is -2.09. The van der Waals surface area contributed by atoms with Gasteiger partial charge in [-0.3, -0.25) is 9.35 Å². The average Bonchev–Trinajstić information content (AvgIpc) is 2.28. The van der Waals surface area contributed by atoms with Crippen LogP contribution in [0.1, 0.15) is 12.5 Å². The molecule has 0 saturated heterocycles. The molecule has 19 heavy (non-hydrogen) atoms. The van der Waals surface area contributed by atoms with Gasteiger partial charge < -0.3 is 13.7 Å². The molecule has 0 atom stereocenters. The molecule has 1 N–H and O–H groups in total. The van der Waals surface area contributed by atoms with Crippen LogP contribution in [0.25, 0.3) is 0 Å². The lowest BCUT2D eigenvalue weighted by atomic mass is 10.1. The first-order valence-corrected chi connectivity index (χ1v) is 6.65. The number of methoxy groups -OCH3 is 1. The summed E-state index contributed by atoms with van der Waals surface area (Å²) in [6, 6.07) is 4.45. The zero-order chi connectivity index (χ0) is 14.5. The van der Waals surface area contributed by atoms with Gasteiger partial charge >= 0.3 is 16.4 Å². The van der Waals surface area contributed by atoms with E-state index in [0.29, 0.717) is 6.42 Å². The number of esters is 1. The molecule has 0 amide bonds. The van der Waals surface area contributed by atoms with Gasteiger partial charge in [0.25, 0.3) is 0 Å². The molecule has 0 unspecified atom stereocenters. The second-order valence-electron chi connectivity index (χ2n) is 3.59. The molecule has 0 heterocycles. The Morgan fingerprint density at radius 3 is 2.53 bits per heavy atom. The minimum Gasteiger partial charge on any atom is -0.493 e. The Balaban J connectivity index is 2.81. The van der Waals surface area contributed by atoms with Gasteiger partial charge in [-0.05, 0) is 17.7 Å². The first-order valence-electron chi connectivity index (χ1n) is 5.29. The third-order valence-electron chi connectivity index (χ3n) is 2.12. The maximum absolute atomic E-state index is 10.6. The van der Waals surface area contributed by atoms with Crippen molar-refractivity contribution in [1.82, 2.24) is 0 Å². The predicted octanol–water partition coefficient (Wildman–Crippen LogP) is 0.982. The first-order chi connectivity index (χ1) is 8.81. The summed E-state index contributed by atoms with van der Waals surface area (Å²) in [6.07, 6.45) is 0.447. The SMILES string of the molecule is COc1cc(CCOC(C)=O)ccc1OS(=O)(=O)O. The van der Waals surface area contributed by atoms with Crippen LogP contribution in [-0.4, -0.2) is 32.7 Å². The summed E-state index contributed by atoms with van der Waals surface area (Å²) in [6.45, 7) is 1.51. The first kappa shape index (κ1) is 15.3. The van der Waals surface area contributed by atoms with Gasteiger partial charge in [0.1, 0.15) is 0 Å². The van der Waals surface area contributed by atoms with Gasteiger partial charge in [0.05, 0.1) is 13.7 Å². The standard InChI is InChI=1S/C11H14O7S/c1-8(12)17-6-5-9-3-4-10(11(7-9)16-2)18-19(13,14)15/h3-4,7H,5-6H2,1-2H3,(H,13,14,15). The second kappa shape index (κ2) is 6.39. The molecular weight excluding hydrogens is 276 g/mol. The third-order valence-corrected chi connectivity index (χ3v) is 2.51. The Hall–Kier alpha value is -1.80. The van der Waals surface area contributed by atoms with Gasteiger partial charge in [-0.15, -0.1) is 0 Å². The van der Waals surface area contributed by atoms with E-state index in [-0.39, 0.29) is 24.1 Å². The van der Waals surface area contributed by atoms with Crippen molar-refractivity contribution in [2.45, 2.75) is 13.3 Å². The van der Waals surface area contributed by atoms with Crippen LogP contribution in [0, 0.1) is 0 Å². The fraction of sp³-hybridized carbons (Fsp3) is 0.364.